The van der Waals surface area contributed by atoms with E-state index >= 15 is 0 Å². The van der Waals surface area contributed by atoms with E-state index in [-0.39, 0.29) is 0 Å². The zero-order chi connectivity index (χ0) is 19.1. The molecule has 0 aliphatic rings. The van der Waals surface area contributed by atoms with Gasteiger partial charge < -0.3 is 9.84 Å². The highest BCUT2D eigenvalue weighted by Crippen LogP contribution is 2.36. The first-order valence-corrected chi connectivity index (χ1v) is 8.09. The Morgan fingerprint density at radius 1 is 1.24 bits per heavy atom. The van der Waals surface area contributed by atoms with Crippen LogP contribution in [0.2, 0.25) is 10.0 Å². The van der Waals surface area contributed by atoms with Gasteiger partial charge in [-0.1, -0.05) is 41.4 Å². The molecule has 0 aromatic heterocycles. The van der Waals surface area contributed by atoms with Gasteiger partial charge in [0.05, 0.1) is 17.2 Å². The Morgan fingerprint density at radius 2 is 1.88 bits per heavy atom. The average Bonchev–Trinajstić information content (AvgIpc) is 2.54. The van der Waals surface area contributed by atoms with Crippen LogP contribution in [-0.2, 0) is 4.79 Å². The number of methoxy groups -OCH3 is 1. The van der Waals surface area contributed by atoms with Gasteiger partial charge in [0, 0.05) is 17.2 Å². The summed E-state index contributed by atoms with van der Waals surface area (Å²) in [6.45, 7) is 4.96. The van der Waals surface area contributed by atoms with Crippen molar-refractivity contribution in [2.45, 2.75) is 20.8 Å². The molecule has 25 heavy (non-hydrogen) atoms. The fraction of sp³-hybridized carbons (Fsp3) is 0.211. The zero-order valence-corrected chi connectivity index (χ0v) is 15.9. The molecule has 0 unspecified atom stereocenters. The minimum Gasteiger partial charge on any atom is -0.496 e. The van der Waals surface area contributed by atoms with Crippen LogP contribution in [0.3, 0.4) is 0 Å². The molecule has 0 heterocycles. The van der Waals surface area contributed by atoms with Gasteiger partial charge in [0.25, 0.3) is 0 Å². The molecule has 6 heteroatoms. The highest BCUT2D eigenvalue weighted by Gasteiger charge is 2.11. The smallest absolute Gasteiger partial charge is 0.328 e. The Labute approximate surface area is 156 Å². The van der Waals surface area contributed by atoms with Crippen LogP contribution >= 0.6 is 23.2 Å². The van der Waals surface area contributed by atoms with Crippen molar-refractivity contribution in [1.29, 1.82) is 0 Å². The van der Waals surface area contributed by atoms with Crippen LogP contribution in [0.4, 0.5) is 4.39 Å². The van der Waals surface area contributed by atoms with E-state index in [0.29, 0.717) is 32.5 Å². The number of rotatable bonds is 6. The van der Waals surface area contributed by atoms with Crippen LogP contribution in [0.5, 0.6) is 5.75 Å². The van der Waals surface area contributed by atoms with Gasteiger partial charge in [0.15, 0.2) is 0 Å². The van der Waals surface area contributed by atoms with E-state index in [1.54, 1.807) is 39.0 Å². The molecule has 0 radical (unpaired) electrons. The summed E-state index contributed by atoms with van der Waals surface area (Å²) in [6.07, 6.45) is 6.76. The lowest BCUT2D eigenvalue weighted by Crippen LogP contribution is -1.91. The third-order valence-corrected chi connectivity index (χ3v) is 4.19. The summed E-state index contributed by atoms with van der Waals surface area (Å²) < 4.78 is 19.3. The summed E-state index contributed by atoms with van der Waals surface area (Å²) >= 11 is 12.5. The van der Waals surface area contributed by atoms with Crippen molar-refractivity contribution < 1.29 is 19.0 Å². The highest BCUT2D eigenvalue weighted by molar-refractivity contribution is 6.38. The quantitative estimate of drug-likeness (QED) is 0.472. The van der Waals surface area contributed by atoms with Gasteiger partial charge in [0.2, 0.25) is 0 Å². The number of aliphatic carboxylic acids is 1. The molecule has 1 aromatic carbocycles. The first-order chi connectivity index (χ1) is 11.7. The first kappa shape index (κ1) is 21.0. The molecular formula is C19H19Cl2FO3. The monoisotopic (exact) mass is 384 g/mol. The number of carboxylic acids is 1. The second-order valence-corrected chi connectivity index (χ2v) is 6.12. The molecular weight excluding hydrogens is 366 g/mol. The van der Waals surface area contributed by atoms with Crippen LogP contribution in [0.25, 0.3) is 6.08 Å². The topological polar surface area (TPSA) is 46.5 Å². The number of carboxylic acid groups (broad SMARTS) is 1. The Balaban J connectivity index is 3.11. The molecule has 0 bridgehead atoms. The predicted molar refractivity (Wildman–Crippen MR) is 101 cm³/mol. The molecule has 3 nitrogen and oxygen atoms in total. The summed E-state index contributed by atoms with van der Waals surface area (Å²) in [4.78, 5) is 10.5. The maximum Gasteiger partial charge on any atom is 0.328 e. The van der Waals surface area contributed by atoms with E-state index < -0.39 is 11.8 Å². The van der Waals surface area contributed by atoms with Gasteiger partial charge in [-0.3, -0.25) is 0 Å². The van der Waals surface area contributed by atoms with Crippen molar-refractivity contribution in [3.63, 3.8) is 0 Å². The summed E-state index contributed by atoms with van der Waals surface area (Å²) in [6, 6.07) is 1.65. The van der Waals surface area contributed by atoms with Crippen LogP contribution in [0.15, 0.2) is 47.3 Å². The van der Waals surface area contributed by atoms with E-state index in [9.17, 15) is 9.18 Å². The van der Waals surface area contributed by atoms with Crippen molar-refractivity contribution in [3.05, 3.63) is 68.5 Å². The molecule has 0 aliphatic carbocycles. The normalized spacial score (nSPS) is 13.5. The van der Waals surface area contributed by atoms with Crippen LogP contribution in [-0.4, -0.2) is 18.2 Å². The van der Waals surface area contributed by atoms with Crippen LogP contribution in [0, 0.1) is 6.92 Å². The van der Waals surface area contributed by atoms with Gasteiger partial charge >= 0.3 is 5.97 Å². The Kier molecular flexibility index (Phi) is 7.94. The number of halogens is 3. The minimum atomic E-state index is -1.08. The van der Waals surface area contributed by atoms with Gasteiger partial charge in [-0.2, -0.15) is 0 Å². The van der Waals surface area contributed by atoms with Crippen LogP contribution in [0.1, 0.15) is 25.0 Å². The number of ether oxygens (including phenoxy) is 1. The Hall–Kier alpha value is -2.04. The van der Waals surface area contributed by atoms with Gasteiger partial charge in [-0.25, -0.2) is 9.18 Å². The molecule has 0 fully saturated rings. The molecule has 1 aromatic rings. The van der Waals surface area contributed by atoms with Gasteiger partial charge in [-0.05, 0) is 44.1 Å². The van der Waals surface area contributed by atoms with Gasteiger partial charge in [-0.15, -0.1) is 0 Å². The molecule has 0 amide bonds. The van der Waals surface area contributed by atoms with E-state index in [2.05, 4.69) is 0 Å². The van der Waals surface area contributed by atoms with Crippen LogP contribution < -0.4 is 4.74 Å². The maximum atomic E-state index is 14.1. The highest BCUT2D eigenvalue weighted by atomic mass is 35.5. The fourth-order valence-corrected chi connectivity index (χ4v) is 2.51. The fourth-order valence-electron chi connectivity index (χ4n) is 1.95. The van der Waals surface area contributed by atoms with Crippen molar-refractivity contribution in [3.8, 4) is 5.75 Å². The lowest BCUT2D eigenvalue weighted by Gasteiger charge is -2.10. The second kappa shape index (κ2) is 9.44. The Bertz CT molecular complexity index is 790. The third kappa shape index (κ3) is 6.07. The van der Waals surface area contributed by atoms with E-state index in [0.717, 1.165) is 11.6 Å². The predicted octanol–water partition coefficient (Wildman–Crippen LogP) is 6.15. The SMILES string of the molecule is COc1cc(Cl)c(/C=C/C(C)=C(F)/C=C/C(C)=C/C(=O)O)c(Cl)c1C. The van der Waals surface area contributed by atoms with E-state index in [1.165, 1.54) is 19.3 Å². The average molecular weight is 385 g/mol. The van der Waals surface area contributed by atoms with E-state index in [1.807, 2.05) is 0 Å². The van der Waals surface area contributed by atoms with Crippen molar-refractivity contribution in [1.82, 2.24) is 0 Å². The summed E-state index contributed by atoms with van der Waals surface area (Å²) in [5.41, 5.74) is 2.08. The third-order valence-electron chi connectivity index (χ3n) is 3.39. The number of benzene rings is 1. The van der Waals surface area contributed by atoms with Crippen molar-refractivity contribution in [2.75, 3.05) is 7.11 Å². The maximum absolute atomic E-state index is 14.1. The number of hydrogen-bond donors (Lipinski definition) is 1. The molecule has 0 spiro atoms. The molecule has 0 aliphatic heterocycles. The minimum absolute atomic E-state index is 0.347. The van der Waals surface area contributed by atoms with Crippen molar-refractivity contribution in [2.24, 2.45) is 0 Å². The molecule has 0 saturated carbocycles. The molecule has 1 N–H and O–H groups in total. The van der Waals surface area contributed by atoms with Gasteiger partial charge in [0.1, 0.15) is 11.6 Å². The first-order valence-electron chi connectivity index (χ1n) is 7.33. The standard InChI is InChI=1S/C19H19Cl2FO3/c1-11(9-18(23)24)5-8-16(22)12(2)6-7-14-15(20)10-17(25-4)13(3)19(14)21/h5-10H,1-4H3,(H,23,24)/b7-6+,8-5+,11-9+,16-12-. The van der Waals surface area contributed by atoms with Crippen molar-refractivity contribution >= 4 is 35.2 Å². The molecule has 0 atom stereocenters. The largest absolute Gasteiger partial charge is 0.496 e. The lowest BCUT2D eigenvalue weighted by atomic mass is 10.1. The molecule has 1 rings (SSSR count). The summed E-state index contributed by atoms with van der Waals surface area (Å²) in [7, 11) is 1.53. The molecule has 134 valence electrons. The summed E-state index contributed by atoms with van der Waals surface area (Å²) in [5.74, 6) is -0.997. The zero-order valence-electron chi connectivity index (χ0n) is 14.4. The Morgan fingerprint density at radius 3 is 2.44 bits per heavy atom. The lowest BCUT2D eigenvalue weighted by molar-refractivity contribution is -0.131. The molecule has 0 saturated heterocycles. The second-order valence-electron chi connectivity index (χ2n) is 5.34. The number of allylic oxidation sites excluding steroid dienone is 6. The number of carbonyl (C=O) groups is 1. The number of hydrogen-bond acceptors (Lipinski definition) is 2. The summed E-state index contributed by atoms with van der Waals surface area (Å²) in [5, 5.41) is 9.45. The van der Waals surface area contributed by atoms with E-state index in [4.69, 9.17) is 33.0 Å².